The number of aromatic nitrogens is 3. The summed E-state index contributed by atoms with van der Waals surface area (Å²) >= 11 is 0. The first-order valence-electron chi connectivity index (χ1n) is 8.30. The predicted octanol–water partition coefficient (Wildman–Crippen LogP) is 3.60. The number of anilines is 1. The highest BCUT2D eigenvalue weighted by Gasteiger charge is 2.17. The van der Waals surface area contributed by atoms with E-state index in [9.17, 15) is 13.6 Å². The van der Waals surface area contributed by atoms with E-state index < -0.39 is 23.1 Å². The molecule has 0 atom stereocenters. The van der Waals surface area contributed by atoms with Crippen LogP contribution in [0.25, 0.3) is 0 Å². The second-order valence-electron chi connectivity index (χ2n) is 5.51. The normalized spacial score (nSPS) is 11.2. The van der Waals surface area contributed by atoms with Gasteiger partial charge in [0.25, 0.3) is 11.8 Å². The number of hydrogen-bond acceptors (Lipinski definition) is 6. The van der Waals surface area contributed by atoms with Gasteiger partial charge < -0.3 is 10.2 Å². The lowest BCUT2D eigenvalue weighted by Crippen LogP contribution is -2.16. The summed E-state index contributed by atoms with van der Waals surface area (Å²) < 4.78 is 27.4. The Morgan fingerprint density at radius 1 is 1.11 bits per heavy atom. The first kappa shape index (κ1) is 19.0. The van der Waals surface area contributed by atoms with E-state index >= 15 is 0 Å². The lowest BCUT2D eigenvalue weighted by Gasteiger charge is -2.08. The lowest BCUT2D eigenvalue weighted by atomic mass is 10.1. The number of carbonyl (C=O) groups excluding carboxylic acids is 1. The van der Waals surface area contributed by atoms with Crippen LogP contribution in [0.5, 0.6) is 5.88 Å². The Morgan fingerprint density at radius 3 is 2.50 bits per heavy atom. The van der Waals surface area contributed by atoms with Crippen LogP contribution in [0.2, 0.25) is 0 Å². The molecule has 142 valence electrons. The molecular weight excluding hydrogens is 368 g/mol. The monoisotopic (exact) mass is 383 g/mol. The number of pyridine rings is 1. The van der Waals surface area contributed by atoms with Gasteiger partial charge >= 0.3 is 0 Å². The van der Waals surface area contributed by atoms with Crippen LogP contribution in [0.1, 0.15) is 29.3 Å². The summed E-state index contributed by atoms with van der Waals surface area (Å²) in [6.07, 6.45) is 6.44. The first-order valence-corrected chi connectivity index (χ1v) is 8.30. The molecule has 1 aromatic carbocycles. The molecule has 0 aliphatic rings. The second-order valence-corrected chi connectivity index (χ2v) is 5.51. The van der Waals surface area contributed by atoms with Gasteiger partial charge in [-0.3, -0.25) is 9.78 Å². The van der Waals surface area contributed by atoms with Gasteiger partial charge in [-0.05, 0) is 30.7 Å². The van der Waals surface area contributed by atoms with E-state index in [1.165, 1.54) is 36.9 Å². The Bertz CT molecular complexity index is 975. The molecule has 0 saturated carbocycles. The highest BCUT2D eigenvalue weighted by atomic mass is 19.1. The van der Waals surface area contributed by atoms with Crippen LogP contribution in [0.15, 0.2) is 60.3 Å². The number of nitrogens with zero attached hydrogens (tertiary/aromatic N) is 4. The number of amides is 1. The number of oxime groups is 1. The maximum atomic E-state index is 13.7. The standard InChI is InChI=1S/C19H15F2N5O2/c1-2-15(26-28-17-11-22-8-9-23-17)12-6-7-16(24-10-12)25-19(27)18-13(20)4-3-5-14(18)21/h3-11H,2H2,1H3,(H,24,25,27)/b26-15-. The third-order valence-corrected chi connectivity index (χ3v) is 3.65. The number of halogens is 2. The molecule has 9 heteroatoms. The molecule has 0 bridgehead atoms. The van der Waals surface area contributed by atoms with Crippen molar-refractivity contribution in [3.05, 3.63) is 77.9 Å². The number of nitrogens with one attached hydrogen (secondary N) is 1. The van der Waals surface area contributed by atoms with Gasteiger partial charge in [0.05, 0.1) is 11.9 Å². The van der Waals surface area contributed by atoms with E-state index in [0.717, 1.165) is 12.1 Å². The fourth-order valence-electron chi connectivity index (χ4n) is 2.29. The smallest absolute Gasteiger partial charge is 0.267 e. The minimum Gasteiger partial charge on any atom is -0.335 e. The van der Waals surface area contributed by atoms with Crippen molar-refractivity contribution >= 4 is 17.4 Å². The third kappa shape index (κ3) is 4.50. The Balaban J connectivity index is 1.72. The zero-order valence-electron chi connectivity index (χ0n) is 14.8. The van der Waals surface area contributed by atoms with Crippen molar-refractivity contribution in [1.82, 2.24) is 15.0 Å². The molecule has 1 amide bonds. The number of hydrogen-bond donors (Lipinski definition) is 1. The van der Waals surface area contributed by atoms with E-state index in [2.05, 4.69) is 25.4 Å². The van der Waals surface area contributed by atoms with Crippen molar-refractivity contribution in [1.29, 1.82) is 0 Å². The van der Waals surface area contributed by atoms with Crippen molar-refractivity contribution < 1.29 is 18.4 Å². The van der Waals surface area contributed by atoms with E-state index in [4.69, 9.17) is 4.84 Å². The molecule has 3 rings (SSSR count). The Labute approximate surface area is 159 Å². The van der Waals surface area contributed by atoms with Crippen LogP contribution in [0.3, 0.4) is 0 Å². The molecule has 0 aliphatic heterocycles. The van der Waals surface area contributed by atoms with Gasteiger partial charge in [-0.25, -0.2) is 18.7 Å². The molecule has 0 saturated heterocycles. The fraction of sp³-hybridized carbons (Fsp3) is 0.105. The molecule has 0 aliphatic carbocycles. The highest BCUT2D eigenvalue weighted by Crippen LogP contribution is 2.15. The van der Waals surface area contributed by atoms with Crippen LogP contribution < -0.4 is 10.2 Å². The summed E-state index contributed by atoms with van der Waals surface area (Å²) in [5, 5.41) is 6.39. The summed E-state index contributed by atoms with van der Waals surface area (Å²) in [4.78, 5) is 29.2. The quantitative estimate of drug-likeness (QED) is 0.519. The van der Waals surface area contributed by atoms with Gasteiger partial charge in [0.15, 0.2) is 0 Å². The molecule has 28 heavy (non-hydrogen) atoms. The summed E-state index contributed by atoms with van der Waals surface area (Å²) in [5.41, 5.74) is 0.583. The van der Waals surface area contributed by atoms with Crippen molar-refractivity contribution in [3.8, 4) is 5.88 Å². The van der Waals surface area contributed by atoms with Crippen molar-refractivity contribution in [3.63, 3.8) is 0 Å². The number of benzene rings is 1. The molecule has 2 heterocycles. The van der Waals surface area contributed by atoms with Gasteiger partial charge in [0.1, 0.15) is 23.0 Å². The molecule has 3 aromatic rings. The Morgan fingerprint density at radius 2 is 1.89 bits per heavy atom. The molecule has 1 N–H and O–H groups in total. The molecule has 7 nitrogen and oxygen atoms in total. The van der Waals surface area contributed by atoms with E-state index in [1.807, 2.05) is 6.92 Å². The zero-order valence-corrected chi connectivity index (χ0v) is 14.8. The molecule has 0 unspecified atom stereocenters. The minimum absolute atomic E-state index is 0.140. The van der Waals surface area contributed by atoms with Crippen molar-refractivity contribution in [2.24, 2.45) is 5.16 Å². The molecule has 2 aromatic heterocycles. The molecule has 0 radical (unpaired) electrons. The number of rotatable bonds is 6. The fourth-order valence-corrected chi connectivity index (χ4v) is 2.29. The van der Waals surface area contributed by atoms with Gasteiger partial charge in [0, 0.05) is 24.2 Å². The zero-order chi connectivity index (χ0) is 19.9. The predicted molar refractivity (Wildman–Crippen MR) is 98.0 cm³/mol. The molecule has 0 spiro atoms. The van der Waals surface area contributed by atoms with Crippen LogP contribution in [-0.2, 0) is 0 Å². The minimum atomic E-state index is -0.948. The van der Waals surface area contributed by atoms with Crippen molar-refractivity contribution in [2.45, 2.75) is 13.3 Å². The first-order chi connectivity index (χ1) is 13.6. The third-order valence-electron chi connectivity index (χ3n) is 3.65. The average Bonchev–Trinajstić information content (AvgIpc) is 2.70. The summed E-state index contributed by atoms with van der Waals surface area (Å²) in [5.74, 6) is -2.43. The van der Waals surface area contributed by atoms with E-state index in [-0.39, 0.29) is 11.7 Å². The highest BCUT2D eigenvalue weighted by molar-refractivity contribution is 6.04. The maximum absolute atomic E-state index is 13.7. The Kier molecular flexibility index (Phi) is 5.95. The van der Waals surface area contributed by atoms with Crippen LogP contribution in [0, 0.1) is 11.6 Å². The average molecular weight is 383 g/mol. The maximum Gasteiger partial charge on any atom is 0.267 e. The molecule has 0 fully saturated rings. The summed E-state index contributed by atoms with van der Waals surface area (Å²) in [6.45, 7) is 1.88. The number of carbonyl (C=O) groups is 1. The van der Waals surface area contributed by atoms with Gasteiger partial charge in [-0.1, -0.05) is 18.1 Å². The largest absolute Gasteiger partial charge is 0.335 e. The van der Waals surface area contributed by atoms with Gasteiger partial charge in [-0.2, -0.15) is 0 Å². The summed E-state index contributed by atoms with van der Waals surface area (Å²) in [6, 6.07) is 6.36. The van der Waals surface area contributed by atoms with Gasteiger partial charge in [-0.15, -0.1) is 0 Å². The van der Waals surface area contributed by atoms with Crippen LogP contribution in [0.4, 0.5) is 14.6 Å². The van der Waals surface area contributed by atoms with Crippen LogP contribution >= 0.6 is 0 Å². The van der Waals surface area contributed by atoms with Gasteiger partial charge in [0.2, 0.25) is 0 Å². The Hall–Kier alpha value is -3.75. The van der Waals surface area contributed by atoms with E-state index in [0.29, 0.717) is 17.7 Å². The molecular formula is C19H15F2N5O2. The SMILES string of the molecule is CC/C(=N/Oc1cnccn1)c1ccc(NC(=O)c2c(F)cccc2F)nc1. The van der Waals surface area contributed by atoms with Crippen molar-refractivity contribution in [2.75, 3.05) is 5.32 Å². The summed E-state index contributed by atoms with van der Waals surface area (Å²) in [7, 11) is 0. The van der Waals surface area contributed by atoms with Crippen LogP contribution in [-0.4, -0.2) is 26.6 Å². The van der Waals surface area contributed by atoms with E-state index in [1.54, 1.807) is 6.07 Å². The topological polar surface area (TPSA) is 89.4 Å². The second kappa shape index (κ2) is 8.76. The lowest BCUT2D eigenvalue weighted by molar-refractivity contribution is 0.101.